The van der Waals surface area contributed by atoms with Crippen molar-refractivity contribution in [3.63, 3.8) is 0 Å². The van der Waals surface area contributed by atoms with Gasteiger partial charge in [-0.2, -0.15) is 0 Å². The molecule has 0 bridgehead atoms. The lowest BCUT2D eigenvalue weighted by molar-refractivity contribution is -0.385. The Bertz CT molecular complexity index is 873. The van der Waals surface area contributed by atoms with Crippen LogP contribution in [-0.2, 0) is 0 Å². The highest BCUT2D eigenvalue weighted by Crippen LogP contribution is 2.24. The van der Waals surface area contributed by atoms with E-state index in [-0.39, 0.29) is 23.0 Å². The van der Waals surface area contributed by atoms with Crippen LogP contribution in [0.4, 0.5) is 11.4 Å². The number of benzene rings is 2. The molecule has 0 unspecified atom stereocenters. The number of nitro benzene ring substituents is 1. The fourth-order valence-corrected chi connectivity index (χ4v) is 3.28. The topological polar surface area (TPSA) is 92.6 Å². The number of amides is 1. The number of piperidine rings is 1. The Morgan fingerprint density at radius 2 is 1.81 bits per heavy atom. The molecule has 0 aliphatic carbocycles. The maximum absolute atomic E-state index is 12.7. The smallest absolute Gasteiger partial charge is 0.282 e. The second-order valence-electron chi connectivity index (χ2n) is 6.75. The molecule has 2 aromatic carbocycles. The van der Waals surface area contributed by atoms with Gasteiger partial charge in [0.05, 0.1) is 4.92 Å². The fraction of sp³-hybridized carbons (Fsp3) is 0.300. The van der Waals surface area contributed by atoms with Gasteiger partial charge in [-0.1, -0.05) is 24.3 Å². The molecule has 1 heterocycles. The van der Waals surface area contributed by atoms with Crippen molar-refractivity contribution in [2.45, 2.75) is 12.8 Å². The number of hydrogen-bond donors (Lipinski definition) is 1. The highest BCUT2D eigenvalue weighted by Gasteiger charge is 2.25. The van der Waals surface area contributed by atoms with Crippen LogP contribution in [-0.4, -0.2) is 41.7 Å². The summed E-state index contributed by atoms with van der Waals surface area (Å²) in [6, 6.07) is 12.5. The molecule has 140 valence electrons. The number of nitro groups is 1. The number of ketones is 1. The van der Waals surface area contributed by atoms with Gasteiger partial charge in [-0.15, -0.1) is 0 Å². The third kappa shape index (κ3) is 4.38. The van der Waals surface area contributed by atoms with Crippen LogP contribution < -0.4 is 5.32 Å². The van der Waals surface area contributed by atoms with E-state index in [4.69, 9.17) is 0 Å². The lowest BCUT2D eigenvalue weighted by Crippen LogP contribution is -2.33. The molecule has 0 saturated carbocycles. The number of likely N-dealkylation sites (tertiary alicyclic amines) is 1. The van der Waals surface area contributed by atoms with Crippen molar-refractivity contribution in [3.8, 4) is 0 Å². The summed E-state index contributed by atoms with van der Waals surface area (Å²) in [6.07, 6.45) is 1.64. The van der Waals surface area contributed by atoms with E-state index in [9.17, 15) is 19.7 Å². The summed E-state index contributed by atoms with van der Waals surface area (Å²) in [7, 11) is 2.04. The second kappa shape index (κ2) is 8.09. The molecule has 0 radical (unpaired) electrons. The Morgan fingerprint density at radius 1 is 1.11 bits per heavy atom. The summed E-state index contributed by atoms with van der Waals surface area (Å²) in [6.45, 7) is 1.79. The van der Waals surface area contributed by atoms with Gasteiger partial charge in [-0.25, -0.2) is 0 Å². The molecule has 27 heavy (non-hydrogen) atoms. The van der Waals surface area contributed by atoms with Crippen molar-refractivity contribution >= 4 is 23.1 Å². The average molecular weight is 367 g/mol. The van der Waals surface area contributed by atoms with Gasteiger partial charge in [-0.3, -0.25) is 19.7 Å². The van der Waals surface area contributed by atoms with Crippen LogP contribution in [0.1, 0.15) is 33.6 Å². The van der Waals surface area contributed by atoms with Crippen LogP contribution in [0.3, 0.4) is 0 Å². The Hall–Kier alpha value is -3.06. The van der Waals surface area contributed by atoms with Crippen LogP contribution in [0.2, 0.25) is 0 Å². The van der Waals surface area contributed by atoms with Gasteiger partial charge >= 0.3 is 0 Å². The van der Waals surface area contributed by atoms with Gasteiger partial charge in [0.1, 0.15) is 5.56 Å². The zero-order valence-electron chi connectivity index (χ0n) is 15.1. The molecule has 0 atom stereocenters. The predicted octanol–water partition coefficient (Wildman–Crippen LogP) is 3.37. The van der Waals surface area contributed by atoms with E-state index in [0.717, 1.165) is 25.9 Å². The molecule has 2 aromatic rings. The van der Waals surface area contributed by atoms with Crippen molar-refractivity contribution < 1.29 is 14.5 Å². The average Bonchev–Trinajstić information content (AvgIpc) is 2.68. The Morgan fingerprint density at radius 3 is 2.52 bits per heavy atom. The minimum absolute atomic E-state index is 0.0117. The summed E-state index contributed by atoms with van der Waals surface area (Å²) in [5, 5.41) is 13.8. The van der Waals surface area contributed by atoms with Crippen LogP contribution >= 0.6 is 0 Å². The first-order chi connectivity index (χ1) is 13.0. The summed E-state index contributed by atoms with van der Waals surface area (Å²) in [5.74, 6) is -0.515. The first-order valence-corrected chi connectivity index (χ1v) is 8.83. The van der Waals surface area contributed by atoms with Crippen molar-refractivity contribution in [1.82, 2.24) is 4.90 Å². The lowest BCUT2D eigenvalue weighted by Gasteiger charge is -2.28. The maximum Gasteiger partial charge on any atom is 0.282 e. The first-order valence-electron chi connectivity index (χ1n) is 8.83. The van der Waals surface area contributed by atoms with Gasteiger partial charge in [0.25, 0.3) is 11.6 Å². The third-order valence-electron chi connectivity index (χ3n) is 4.84. The van der Waals surface area contributed by atoms with Crippen molar-refractivity contribution in [2.75, 3.05) is 25.5 Å². The number of nitrogens with one attached hydrogen (secondary N) is 1. The van der Waals surface area contributed by atoms with E-state index >= 15 is 0 Å². The Labute approximate surface area is 157 Å². The molecule has 1 saturated heterocycles. The van der Waals surface area contributed by atoms with E-state index < -0.39 is 10.8 Å². The minimum Gasteiger partial charge on any atom is -0.322 e. The molecule has 7 heteroatoms. The third-order valence-corrected chi connectivity index (χ3v) is 4.84. The number of hydrogen-bond acceptors (Lipinski definition) is 5. The van der Waals surface area contributed by atoms with Gasteiger partial charge in [0.2, 0.25) is 0 Å². The van der Waals surface area contributed by atoms with Gasteiger partial charge < -0.3 is 10.2 Å². The summed E-state index contributed by atoms with van der Waals surface area (Å²) in [4.78, 5) is 37.9. The maximum atomic E-state index is 12.7. The van der Waals surface area contributed by atoms with Crippen molar-refractivity contribution in [2.24, 2.45) is 5.92 Å². The summed E-state index contributed by atoms with van der Waals surface area (Å²) in [5.41, 5.74) is 0.713. The number of para-hydroxylation sites is 1. The number of nitrogens with zero attached hydrogens (tertiary/aromatic N) is 2. The van der Waals surface area contributed by atoms with Crippen LogP contribution in [0.5, 0.6) is 0 Å². The van der Waals surface area contributed by atoms with Crippen LogP contribution in [0, 0.1) is 16.0 Å². The molecule has 3 rings (SSSR count). The number of carbonyl (C=O) groups excluding carboxylic acids is 2. The minimum atomic E-state index is -0.588. The first kappa shape index (κ1) is 18.7. The summed E-state index contributed by atoms with van der Waals surface area (Å²) < 4.78 is 0. The van der Waals surface area contributed by atoms with E-state index in [0.29, 0.717) is 11.3 Å². The highest BCUT2D eigenvalue weighted by molar-refractivity contribution is 6.07. The lowest BCUT2D eigenvalue weighted by atomic mass is 9.89. The van der Waals surface area contributed by atoms with E-state index in [2.05, 4.69) is 10.2 Å². The molecule has 1 N–H and O–H groups in total. The quantitative estimate of drug-likeness (QED) is 0.497. The number of anilines is 1. The van der Waals surface area contributed by atoms with E-state index in [1.54, 1.807) is 30.3 Å². The Kier molecular flexibility index (Phi) is 5.61. The molecule has 0 spiro atoms. The molecular weight excluding hydrogens is 346 g/mol. The normalized spacial score (nSPS) is 15.3. The Balaban J connectivity index is 1.75. The SMILES string of the molecule is CN1CCC(C(=O)c2cccc(NC(=O)c3ccccc3[N+](=O)[O-])c2)CC1. The van der Waals surface area contributed by atoms with Gasteiger partial charge in [0, 0.05) is 23.2 Å². The molecule has 1 fully saturated rings. The van der Waals surface area contributed by atoms with Crippen LogP contribution in [0.15, 0.2) is 48.5 Å². The number of carbonyl (C=O) groups is 2. The molecule has 7 nitrogen and oxygen atoms in total. The van der Waals surface area contributed by atoms with E-state index in [1.807, 2.05) is 7.05 Å². The van der Waals surface area contributed by atoms with E-state index in [1.165, 1.54) is 18.2 Å². The monoisotopic (exact) mass is 367 g/mol. The molecule has 1 amide bonds. The standard InChI is InChI=1S/C20H21N3O4/c1-22-11-9-14(10-12-22)19(24)15-5-4-6-16(13-15)21-20(25)17-7-2-3-8-18(17)23(26)27/h2-8,13-14H,9-12H2,1H3,(H,21,25). The molecule has 1 aliphatic rings. The van der Waals surface area contributed by atoms with Crippen molar-refractivity contribution in [1.29, 1.82) is 0 Å². The van der Waals surface area contributed by atoms with Gasteiger partial charge in [0.15, 0.2) is 5.78 Å². The molecule has 1 aliphatic heterocycles. The molecular formula is C20H21N3O4. The number of rotatable bonds is 5. The highest BCUT2D eigenvalue weighted by atomic mass is 16.6. The zero-order valence-corrected chi connectivity index (χ0v) is 15.1. The van der Waals surface area contributed by atoms with Gasteiger partial charge in [-0.05, 0) is 51.2 Å². The second-order valence-corrected chi connectivity index (χ2v) is 6.75. The number of Topliss-reactive ketones (excluding diaryl/α,β-unsaturated/α-hetero) is 1. The molecule has 0 aromatic heterocycles. The largest absolute Gasteiger partial charge is 0.322 e. The van der Waals surface area contributed by atoms with Crippen LogP contribution in [0.25, 0.3) is 0 Å². The zero-order chi connectivity index (χ0) is 19.4. The predicted molar refractivity (Wildman–Crippen MR) is 102 cm³/mol. The summed E-state index contributed by atoms with van der Waals surface area (Å²) >= 11 is 0. The van der Waals surface area contributed by atoms with Crippen molar-refractivity contribution in [3.05, 3.63) is 69.8 Å². The fourth-order valence-electron chi connectivity index (χ4n) is 3.28.